The summed E-state index contributed by atoms with van der Waals surface area (Å²) < 4.78 is 23.2. The summed E-state index contributed by atoms with van der Waals surface area (Å²) in [7, 11) is 3.05. The van der Waals surface area contributed by atoms with Crippen molar-refractivity contribution in [2.75, 3.05) is 27.4 Å². The zero-order chi connectivity index (χ0) is 33.1. The molecule has 0 bridgehead atoms. The van der Waals surface area contributed by atoms with E-state index in [1.165, 1.54) is 14.2 Å². The lowest BCUT2D eigenvalue weighted by atomic mass is 9.43. The van der Waals surface area contributed by atoms with Crippen LogP contribution in [0.15, 0.2) is 23.8 Å². The van der Waals surface area contributed by atoms with E-state index < -0.39 is 65.3 Å². The van der Waals surface area contributed by atoms with Crippen molar-refractivity contribution in [1.29, 1.82) is 0 Å². The molecule has 1 saturated heterocycles. The number of hydrogen-bond acceptors (Lipinski definition) is 10. The largest absolute Gasteiger partial charge is 0.396 e. The Morgan fingerprint density at radius 3 is 2.31 bits per heavy atom. The standard InChI is InChI=1S/C35H58O10/c1-18(20(3)16-36)8-9-19(2)26-27(39)28(40)31-34(26,5)13-11-25-33(4)12-10-21(14-22(33)23(37)15-35(25,31)41)45-32-30(43-7)29(42-6)24(38)17-44-32/h8-9,14,18-21,23-32,36-41H,10-13,15-17H2,1-7H3/t18-,19-,20-,21+,23-,24-,25-,26+,27-,28+,29+,30-,31-,32+,33+,34-,35+/m1/s1. The van der Waals surface area contributed by atoms with Crippen LogP contribution in [0.2, 0.25) is 0 Å². The number of aliphatic hydroxyl groups is 6. The lowest BCUT2D eigenvalue weighted by molar-refractivity contribution is -0.289. The van der Waals surface area contributed by atoms with Crippen LogP contribution in [0.5, 0.6) is 0 Å². The van der Waals surface area contributed by atoms with Gasteiger partial charge in [0, 0.05) is 33.2 Å². The van der Waals surface area contributed by atoms with Gasteiger partial charge in [-0.3, -0.25) is 0 Å². The molecule has 5 rings (SSSR count). The fraction of sp³-hybridized carbons (Fsp3) is 0.886. The topological polar surface area (TPSA) is 158 Å². The maximum absolute atomic E-state index is 12.7. The van der Waals surface area contributed by atoms with Gasteiger partial charge in [-0.05, 0) is 71.7 Å². The number of aliphatic hydroxyl groups excluding tert-OH is 5. The van der Waals surface area contributed by atoms with Crippen molar-refractivity contribution < 1.29 is 49.6 Å². The van der Waals surface area contributed by atoms with Crippen LogP contribution in [0.1, 0.15) is 66.7 Å². The predicted molar refractivity (Wildman–Crippen MR) is 167 cm³/mol. The van der Waals surface area contributed by atoms with Crippen molar-refractivity contribution in [3.63, 3.8) is 0 Å². The summed E-state index contributed by atoms with van der Waals surface area (Å²) >= 11 is 0. The number of fused-ring (bicyclic) bond motifs is 5. The molecule has 0 aromatic rings. The molecule has 258 valence electrons. The van der Waals surface area contributed by atoms with Crippen LogP contribution >= 0.6 is 0 Å². The highest BCUT2D eigenvalue weighted by Gasteiger charge is 2.72. The first kappa shape index (κ1) is 35.4. The molecule has 1 aliphatic heterocycles. The Bertz CT molecular complexity index is 1100. The van der Waals surface area contributed by atoms with E-state index in [-0.39, 0.29) is 55.3 Å². The number of allylic oxidation sites excluding steroid dienone is 2. The fourth-order valence-corrected chi connectivity index (χ4v) is 10.4. The molecule has 3 saturated carbocycles. The normalized spacial score (nSPS) is 50.3. The van der Waals surface area contributed by atoms with E-state index in [1.807, 2.05) is 13.0 Å². The van der Waals surface area contributed by atoms with Gasteiger partial charge < -0.3 is 49.6 Å². The zero-order valence-electron chi connectivity index (χ0n) is 28.1. The third kappa shape index (κ3) is 5.79. The smallest absolute Gasteiger partial charge is 0.187 e. The van der Waals surface area contributed by atoms with Crippen molar-refractivity contribution in [3.8, 4) is 0 Å². The second kappa shape index (κ2) is 13.2. The molecule has 17 atom stereocenters. The summed E-state index contributed by atoms with van der Waals surface area (Å²) in [5, 5.41) is 67.4. The van der Waals surface area contributed by atoms with Crippen LogP contribution in [-0.2, 0) is 18.9 Å². The second-order valence-corrected chi connectivity index (χ2v) is 15.5. The molecule has 0 spiro atoms. The lowest BCUT2D eigenvalue weighted by Gasteiger charge is -2.63. The molecule has 5 aliphatic rings. The number of rotatable bonds is 9. The summed E-state index contributed by atoms with van der Waals surface area (Å²) in [4.78, 5) is 0. The SMILES string of the molecule is CO[C@@H]1[C@@H](OC)[C@H](O[C@@H]2C=C3[C@H](O)C[C@@]4(O)[C@@H]5[C@@H](O)[C@H](O)[C@H]([C@H](C)C=C[C@@H](C)[C@H](C)CO)[C@@]5(C)CC[C@@H]4[C@@]3(C)CC2)OC[C@H]1O. The monoisotopic (exact) mass is 638 g/mol. The van der Waals surface area contributed by atoms with Gasteiger partial charge in [0.05, 0.1) is 36.6 Å². The summed E-state index contributed by atoms with van der Waals surface area (Å²) in [5.74, 6) is -0.833. The van der Waals surface area contributed by atoms with Gasteiger partial charge in [0.1, 0.15) is 18.3 Å². The Morgan fingerprint density at radius 1 is 0.978 bits per heavy atom. The van der Waals surface area contributed by atoms with Gasteiger partial charge in [0.2, 0.25) is 0 Å². The molecule has 10 nitrogen and oxygen atoms in total. The first-order valence-electron chi connectivity index (χ1n) is 17.0. The molecular formula is C35H58O10. The Morgan fingerprint density at radius 2 is 1.67 bits per heavy atom. The van der Waals surface area contributed by atoms with E-state index in [4.69, 9.17) is 18.9 Å². The minimum Gasteiger partial charge on any atom is -0.396 e. The van der Waals surface area contributed by atoms with Gasteiger partial charge in [0.25, 0.3) is 0 Å². The minimum absolute atomic E-state index is 0.0537. The average molecular weight is 639 g/mol. The van der Waals surface area contributed by atoms with Gasteiger partial charge in [0.15, 0.2) is 6.29 Å². The Balaban J connectivity index is 1.38. The molecule has 10 heteroatoms. The molecule has 0 radical (unpaired) electrons. The molecule has 6 N–H and O–H groups in total. The Labute approximate surface area is 268 Å². The molecule has 4 fully saturated rings. The van der Waals surface area contributed by atoms with E-state index in [9.17, 15) is 30.6 Å². The molecule has 0 aromatic heterocycles. The van der Waals surface area contributed by atoms with Crippen molar-refractivity contribution in [1.82, 2.24) is 0 Å². The summed E-state index contributed by atoms with van der Waals surface area (Å²) in [5.41, 5.74) is -1.57. The third-order valence-corrected chi connectivity index (χ3v) is 13.0. The van der Waals surface area contributed by atoms with Crippen LogP contribution in [0, 0.1) is 46.3 Å². The van der Waals surface area contributed by atoms with Gasteiger partial charge in [-0.25, -0.2) is 0 Å². The summed E-state index contributed by atoms with van der Waals surface area (Å²) in [6.45, 7) is 10.5. The minimum atomic E-state index is -1.36. The van der Waals surface area contributed by atoms with Gasteiger partial charge >= 0.3 is 0 Å². The summed E-state index contributed by atoms with van der Waals surface area (Å²) in [6.07, 6.45) is 2.81. The number of methoxy groups -OCH3 is 2. The first-order chi connectivity index (χ1) is 21.2. The van der Waals surface area contributed by atoms with E-state index in [0.717, 1.165) is 12.0 Å². The molecule has 45 heavy (non-hydrogen) atoms. The van der Waals surface area contributed by atoms with E-state index in [0.29, 0.717) is 19.3 Å². The van der Waals surface area contributed by atoms with Crippen LogP contribution in [-0.4, -0.2) is 113 Å². The highest BCUT2D eigenvalue weighted by Crippen LogP contribution is 2.69. The van der Waals surface area contributed by atoms with Crippen LogP contribution in [0.3, 0.4) is 0 Å². The lowest BCUT2D eigenvalue weighted by Crippen LogP contribution is -2.66. The van der Waals surface area contributed by atoms with Crippen molar-refractivity contribution in [2.45, 2.75) is 121 Å². The summed E-state index contributed by atoms with van der Waals surface area (Å²) in [6, 6.07) is 0. The van der Waals surface area contributed by atoms with Crippen molar-refractivity contribution in [3.05, 3.63) is 23.8 Å². The van der Waals surface area contributed by atoms with Gasteiger partial charge in [-0.15, -0.1) is 0 Å². The fourth-order valence-electron chi connectivity index (χ4n) is 10.4. The molecular weight excluding hydrogens is 580 g/mol. The Kier molecular flexibility index (Phi) is 10.4. The van der Waals surface area contributed by atoms with Crippen LogP contribution in [0.4, 0.5) is 0 Å². The molecule has 4 aliphatic carbocycles. The number of hydrogen-bond donors (Lipinski definition) is 6. The molecule has 1 heterocycles. The molecule has 0 amide bonds. The maximum atomic E-state index is 12.7. The van der Waals surface area contributed by atoms with E-state index >= 15 is 0 Å². The van der Waals surface area contributed by atoms with E-state index in [2.05, 4.69) is 39.8 Å². The molecule has 0 aromatic carbocycles. The highest BCUT2D eigenvalue weighted by molar-refractivity contribution is 5.33. The molecule has 0 unspecified atom stereocenters. The zero-order valence-corrected chi connectivity index (χ0v) is 28.1. The first-order valence-corrected chi connectivity index (χ1v) is 17.0. The Hall–Kier alpha value is -0.920. The van der Waals surface area contributed by atoms with E-state index in [1.54, 1.807) is 0 Å². The van der Waals surface area contributed by atoms with Crippen molar-refractivity contribution >= 4 is 0 Å². The van der Waals surface area contributed by atoms with Gasteiger partial charge in [-0.1, -0.05) is 52.8 Å². The van der Waals surface area contributed by atoms with Crippen molar-refractivity contribution in [2.24, 2.45) is 46.3 Å². The van der Waals surface area contributed by atoms with Crippen LogP contribution < -0.4 is 0 Å². The second-order valence-electron chi connectivity index (χ2n) is 15.5. The third-order valence-electron chi connectivity index (χ3n) is 13.0. The quantitative estimate of drug-likeness (QED) is 0.207. The van der Waals surface area contributed by atoms with Crippen LogP contribution in [0.25, 0.3) is 0 Å². The highest BCUT2D eigenvalue weighted by atomic mass is 16.7. The van der Waals surface area contributed by atoms with Gasteiger partial charge in [-0.2, -0.15) is 0 Å². The number of ether oxygens (including phenoxy) is 4. The average Bonchev–Trinajstić information content (AvgIpc) is 3.21. The maximum Gasteiger partial charge on any atom is 0.187 e. The predicted octanol–water partition coefficient (Wildman–Crippen LogP) is 2.18.